The van der Waals surface area contributed by atoms with Gasteiger partial charge in [0.2, 0.25) is 0 Å². The number of thiophene rings is 1. The summed E-state index contributed by atoms with van der Waals surface area (Å²) in [5.74, 6) is 0.868. The predicted molar refractivity (Wildman–Crippen MR) is 85.1 cm³/mol. The van der Waals surface area contributed by atoms with Crippen LogP contribution in [0.15, 0.2) is 32.5 Å². The summed E-state index contributed by atoms with van der Waals surface area (Å²) < 4.78 is 7.42. The average molecular weight is 411 g/mol. The summed E-state index contributed by atoms with van der Waals surface area (Å²) in [7, 11) is 1.67. The lowest BCUT2D eigenvalue weighted by Crippen LogP contribution is -1.93. The Labute approximate surface area is 132 Å². The molecule has 0 aliphatic rings. The number of ether oxygens (including phenoxy) is 1. The van der Waals surface area contributed by atoms with E-state index in [1.807, 2.05) is 31.2 Å². The van der Waals surface area contributed by atoms with Crippen molar-refractivity contribution in [2.24, 2.45) is 0 Å². The number of alkyl halides is 1. The minimum atomic E-state index is -0.160. The summed E-state index contributed by atoms with van der Waals surface area (Å²) >= 11 is 15.1. The maximum absolute atomic E-state index is 6.51. The maximum atomic E-state index is 6.51. The fourth-order valence-electron chi connectivity index (χ4n) is 1.65. The van der Waals surface area contributed by atoms with Crippen molar-refractivity contribution in [3.05, 3.63) is 48.5 Å². The third-order valence-corrected chi connectivity index (χ3v) is 6.58. The van der Waals surface area contributed by atoms with E-state index in [0.717, 1.165) is 30.0 Å². The van der Waals surface area contributed by atoms with Crippen LogP contribution in [-0.2, 0) is 0 Å². The molecule has 0 N–H and O–H groups in total. The van der Waals surface area contributed by atoms with Crippen LogP contribution in [-0.4, -0.2) is 7.11 Å². The molecule has 0 spiro atoms. The number of benzene rings is 1. The Hall–Kier alpha value is -0.0300. The van der Waals surface area contributed by atoms with E-state index in [4.69, 9.17) is 16.3 Å². The Bertz CT molecular complexity index is 549. The third kappa shape index (κ3) is 2.93. The van der Waals surface area contributed by atoms with Gasteiger partial charge in [0.05, 0.1) is 16.3 Å². The summed E-state index contributed by atoms with van der Waals surface area (Å²) in [6, 6.07) is 8.10. The highest BCUT2D eigenvalue weighted by molar-refractivity contribution is 9.13. The molecule has 0 aliphatic heterocycles. The minimum absolute atomic E-state index is 0.160. The number of methoxy groups -OCH3 is 1. The molecule has 0 fully saturated rings. The van der Waals surface area contributed by atoms with Crippen LogP contribution >= 0.6 is 54.8 Å². The van der Waals surface area contributed by atoms with Crippen molar-refractivity contribution in [1.29, 1.82) is 0 Å². The molecule has 0 amide bonds. The first-order chi connectivity index (χ1) is 8.52. The molecule has 0 radical (unpaired) electrons. The van der Waals surface area contributed by atoms with Crippen LogP contribution in [0.5, 0.6) is 5.75 Å². The van der Waals surface area contributed by atoms with Crippen LogP contribution in [0.25, 0.3) is 0 Å². The molecule has 0 saturated carbocycles. The van der Waals surface area contributed by atoms with Gasteiger partial charge in [0.1, 0.15) is 5.75 Å². The van der Waals surface area contributed by atoms with Gasteiger partial charge in [-0.2, -0.15) is 0 Å². The SMILES string of the molecule is COc1cc(C(Cl)c2cc(Br)c(Br)s2)ccc1C. The Morgan fingerprint density at radius 2 is 2.00 bits per heavy atom. The second kappa shape index (κ2) is 5.95. The van der Waals surface area contributed by atoms with E-state index < -0.39 is 0 Å². The summed E-state index contributed by atoms with van der Waals surface area (Å²) in [5.41, 5.74) is 2.15. The number of hydrogen-bond donors (Lipinski definition) is 0. The lowest BCUT2D eigenvalue weighted by molar-refractivity contribution is 0.411. The van der Waals surface area contributed by atoms with Crippen molar-refractivity contribution in [3.63, 3.8) is 0 Å². The fraction of sp³-hybridized carbons (Fsp3) is 0.231. The molecule has 0 saturated heterocycles. The van der Waals surface area contributed by atoms with Crippen molar-refractivity contribution in [2.45, 2.75) is 12.3 Å². The third-order valence-electron chi connectivity index (χ3n) is 2.64. The fourth-order valence-corrected chi connectivity index (χ4v) is 4.07. The quantitative estimate of drug-likeness (QED) is 0.571. The molecule has 2 aromatic rings. The topological polar surface area (TPSA) is 9.23 Å². The summed E-state index contributed by atoms with van der Waals surface area (Å²) in [4.78, 5) is 1.10. The molecule has 1 heterocycles. The molecule has 1 atom stereocenters. The zero-order valence-corrected chi connectivity index (χ0v) is 14.6. The second-order valence-electron chi connectivity index (χ2n) is 3.86. The molecule has 5 heteroatoms. The smallest absolute Gasteiger partial charge is 0.122 e. The van der Waals surface area contributed by atoms with Gasteiger partial charge in [0, 0.05) is 9.35 Å². The second-order valence-corrected chi connectivity index (χ2v) is 7.55. The number of rotatable bonds is 3. The first kappa shape index (κ1) is 14.4. The molecule has 96 valence electrons. The van der Waals surface area contributed by atoms with Crippen molar-refractivity contribution in [2.75, 3.05) is 7.11 Å². The van der Waals surface area contributed by atoms with Crippen LogP contribution < -0.4 is 4.74 Å². The van der Waals surface area contributed by atoms with E-state index in [0.29, 0.717) is 0 Å². The van der Waals surface area contributed by atoms with E-state index in [9.17, 15) is 0 Å². The van der Waals surface area contributed by atoms with E-state index >= 15 is 0 Å². The van der Waals surface area contributed by atoms with Crippen molar-refractivity contribution < 1.29 is 4.74 Å². The van der Waals surface area contributed by atoms with Gasteiger partial charge in [-0.15, -0.1) is 22.9 Å². The number of hydrogen-bond acceptors (Lipinski definition) is 2. The van der Waals surface area contributed by atoms with Crippen LogP contribution in [0, 0.1) is 6.92 Å². The monoisotopic (exact) mass is 408 g/mol. The molecule has 2 rings (SSSR count). The van der Waals surface area contributed by atoms with E-state index in [1.54, 1.807) is 18.4 Å². The zero-order valence-electron chi connectivity index (χ0n) is 9.84. The van der Waals surface area contributed by atoms with E-state index in [-0.39, 0.29) is 5.38 Å². The highest BCUT2D eigenvalue weighted by Crippen LogP contribution is 2.41. The van der Waals surface area contributed by atoms with Crippen LogP contribution in [0.4, 0.5) is 0 Å². The minimum Gasteiger partial charge on any atom is -0.496 e. The Morgan fingerprint density at radius 3 is 2.56 bits per heavy atom. The summed E-state index contributed by atoms with van der Waals surface area (Å²) in [5, 5.41) is -0.160. The van der Waals surface area contributed by atoms with Gasteiger partial charge in [-0.1, -0.05) is 12.1 Å². The summed E-state index contributed by atoms with van der Waals surface area (Å²) in [6.45, 7) is 2.02. The molecule has 1 nitrogen and oxygen atoms in total. The highest BCUT2D eigenvalue weighted by atomic mass is 79.9. The van der Waals surface area contributed by atoms with Crippen LogP contribution in [0.1, 0.15) is 21.4 Å². The molecule has 1 aromatic carbocycles. The molecule has 18 heavy (non-hydrogen) atoms. The van der Waals surface area contributed by atoms with Gasteiger partial charge in [0.25, 0.3) is 0 Å². The Balaban J connectivity index is 2.36. The summed E-state index contributed by atoms with van der Waals surface area (Å²) in [6.07, 6.45) is 0. The number of aryl methyl sites for hydroxylation is 1. The Morgan fingerprint density at radius 1 is 1.28 bits per heavy atom. The largest absolute Gasteiger partial charge is 0.496 e. The lowest BCUT2D eigenvalue weighted by Gasteiger charge is -2.11. The lowest BCUT2D eigenvalue weighted by atomic mass is 10.1. The van der Waals surface area contributed by atoms with Gasteiger partial charge < -0.3 is 4.74 Å². The van der Waals surface area contributed by atoms with E-state index in [2.05, 4.69) is 31.9 Å². The maximum Gasteiger partial charge on any atom is 0.122 e. The van der Waals surface area contributed by atoms with Gasteiger partial charge in [-0.05, 0) is 62.0 Å². The molecular weight excluding hydrogens is 399 g/mol. The molecule has 0 aliphatic carbocycles. The van der Waals surface area contributed by atoms with Crippen molar-refractivity contribution in [1.82, 2.24) is 0 Å². The first-order valence-corrected chi connectivity index (χ1v) is 8.10. The molecule has 1 aromatic heterocycles. The number of halogens is 3. The standard InChI is InChI=1S/C13H11Br2ClOS/c1-7-3-4-8(5-10(7)17-2)12(16)11-6-9(14)13(15)18-11/h3-6,12H,1-2H3. The van der Waals surface area contributed by atoms with Crippen molar-refractivity contribution in [3.8, 4) is 5.75 Å². The van der Waals surface area contributed by atoms with E-state index in [1.165, 1.54) is 0 Å². The molecular formula is C13H11Br2ClOS. The van der Waals surface area contributed by atoms with Gasteiger partial charge in [0.15, 0.2) is 0 Å². The molecule has 1 unspecified atom stereocenters. The van der Waals surface area contributed by atoms with Crippen LogP contribution in [0.3, 0.4) is 0 Å². The highest BCUT2D eigenvalue weighted by Gasteiger charge is 2.16. The normalized spacial score (nSPS) is 12.5. The Kier molecular flexibility index (Phi) is 4.75. The van der Waals surface area contributed by atoms with Gasteiger partial charge in [-0.25, -0.2) is 0 Å². The van der Waals surface area contributed by atoms with Gasteiger partial charge in [-0.3, -0.25) is 0 Å². The predicted octanol–water partition coefficient (Wildman–Crippen LogP) is 5.92. The first-order valence-electron chi connectivity index (χ1n) is 5.26. The van der Waals surface area contributed by atoms with Gasteiger partial charge >= 0.3 is 0 Å². The molecule has 0 bridgehead atoms. The average Bonchev–Trinajstić information content (AvgIpc) is 2.69. The van der Waals surface area contributed by atoms with Crippen LogP contribution in [0.2, 0.25) is 0 Å². The zero-order chi connectivity index (χ0) is 13.3. The van der Waals surface area contributed by atoms with Crippen molar-refractivity contribution >= 4 is 54.8 Å².